The molecule has 0 bridgehead atoms. The molecule has 0 radical (unpaired) electrons. The summed E-state index contributed by atoms with van der Waals surface area (Å²) in [5, 5.41) is 0. The predicted molar refractivity (Wildman–Crippen MR) is 133 cm³/mol. The Bertz CT molecular complexity index is 1360. The number of likely N-dealkylation sites (tertiary alicyclic amines) is 1. The molecule has 4 rings (SSSR count). The molecule has 0 amide bonds. The van der Waals surface area contributed by atoms with Crippen LogP contribution in [0.15, 0.2) is 46.7 Å². The molecule has 11 heteroatoms. The maximum absolute atomic E-state index is 13.6. The topological polar surface area (TPSA) is 58.6 Å². The van der Waals surface area contributed by atoms with Crippen molar-refractivity contribution in [3.05, 3.63) is 63.5 Å². The van der Waals surface area contributed by atoms with Gasteiger partial charge < -0.3 is 9.64 Å². The van der Waals surface area contributed by atoms with Crippen LogP contribution in [0.1, 0.15) is 23.1 Å². The lowest BCUT2D eigenvalue weighted by Crippen LogP contribution is -2.23. The molecule has 1 saturated heterocycles. The Morgan fingerprint density at radius 3 is 2.49 bits per heavy atom. The van der Waals surface area contributed by atoms with Crippen molar-refractivity contribution in [2.24, 2.45) is 0 Å². The minimum Gasteiger partial charge on any atom is -0.488 e. The van der Waals surface area contributed by atoms with Gasteiger partial charge in [-0.15, -0.1) is 11.3 Å². The van der Waals surface area contributed by atoms with Crippen molar-refractivity contribution in [3.8, 4) is 16.9 Å². The molecule has 1 aromatic heterocycles. The van der Waals surface area contributed by atoms with E-state index in [0.717, 1.165) is 40.7 Å². The molecule has 2 aromatic carbocycles. The van der Waals surface area contributed by atoms with Gasteiger partial charge in [0.15, 0.2) is 0 Å². The van der Waals surface area contributed by atoms with Crippen molar-refractivity contribution in [1.29, 1.82) is 0 Å². The van der Waals surface area contributed by atoms with E-state index in [2.05, 4.69) is 4.72 Å². The van der Waals surface area contributed by atoms with Crippen molar-refractivity contribution >= 4 is 38.6 Å². The summed E-state index contributed by atoms with van der Waals surface area (Å²) in [4.78, 5) is 1.96. The molecule has 1 unspecified atom stereocenters. The zero-order valence-corrected chi connectivity index (χ0v) is 21.6. The minimum absolute atomic E-state index is 0.0227. The lowest BCUT2D eigenvalue weighted by Gasteiger charge is -2.19. The first-order valence-electron chi connectivity index (χ1n) is 10.8. The van der Waals surface area contributed by atoms with Gasteiger partial charge in [0, 0.05) is 24.7 Å². The van der Waals surface area contributed by atoms with Gasteiger partial charge in [-0.25, -0.2) is 8.42 Å². The van der Waals surface area contributed by atoms with Crippen LogP contribution in [0.3, 0.4) is 0 Å². The van der Waals surface area contributed by atoms with Gasteiger partial charge in [-0.3, -0.25) is 4.72 Å². The van der Waals surface area contributed by atoms with E-state index in [-0.39, 0.29) is 14.2 Å². The number of hydrogen-bond donors (Lipinski definition) is 1. The van der Waals surface area contributed by atoms with Gasteiger partial charge >= 0.3 is 6.18 Å². The Hall–Kier alpha value is -2.27. The average Bonchev–Trinajstić information content (AvgIpc) is 3.35. The molecular weight excluding hydrogens is 521 g/mol. The van der Waals surface area contributed by atoms with Gasteiger partial charge in [-0.1, -0.05) is 29.8 Å². The van der Waals surface area contributed by atoms with E-state index in [1.807, 2.05) is 44.0 Å². The SMILES string of the molecule is Cc1ccc(-c2cc(Cl)sc2S(=O)(=O)Nc2ccc(C(F)(F)F)c(OC3CCN(C)C3)c2)cc1C. The summed E-state index contributed by atoms with van der Waals surface area (Å²) >= 11 is 7.06. The first kappa shape index (κ1) is 25.8. The van der Waals surface area contributed by atoms with Crippen molar-refractivity contribution in [1.82, 2.24) is 4.90 Å². The number of aryl methyl sites for hydroxylation is 2. The highest BCUT2D eigenvalue weighted by Crippen LogP contribution is 2.41. The number of anilines is 1. The van der Waals surface area contributed by atoms with Crippen LogP contribution in [0.2, 0.25) is 4.34 Å². The highest BCUT2D eigenvalue weighted by molar-refractivity contribution is 7.94. The van der Waals surface area contributed by atoms with E-state index in [1.165, 1.54) is 0 Å². The highest BCUT2D eigenvalue weighted by atomic mass is 35.5. The number of benzene rings is 2. The van der Waals surface area contributed by atoms with Crippen LogP contribution in [-0.2, 0) is 16.2 Å². The molecule has 35 heavy (non-hydrogen) atoms. The number of rotatable bonds is 6. The Morgan fingerprint density at radius 1 is 1.11 bits per heavy atom. The Morgan fingerprint density at radius 2 is 1.86 bits per heavy atom. The van der Waals surface area contributed by atoms with E-state index in [1.54, 1.807) is 6.07 Å². The third-order valence-corrected chi connectivity index (χ3v) is 9.09. The predicted octanol–water partition coefficient (Wildman–Crippen LogP) is 6.59. The van der Waals surface area contributed by atoms with Gasteiger partial charge in [0.1, 0.15) is 16.1 Å². The van der Waals surface area contributed by atoms with Crippen molar-refractivity contribution < 1.29 is 26.3 Å². The summed E-state index contributed by atoms with van der Waals surface area (Å²) in [6.45, 7) is 5.07. The normalized spacial score (nSPS) is 17.1. The summed E-state index contributed by atoms with van der Waals surface area (Å²) in [6, 6.07) is 10.1. The average molecular weight is 545 g/mol. The maximum atomic E-state index is 13.6. The van der Waals surface area contributed by atoms with E-state index >= 15 is 0 Å². The number of nitrogens with one attached hydrogen (secondary N) is 1. The minimum atomic E-state index is -4.64. The standard InChI is InChI=1S/C24H24ClF3N2O3S2/c1-14-4-5-16(10-15(14)2)19-12-22(25)34-23(19)35(31,32)29-17-6-7-20(24(26,27)28)21(11-17)33-18-8-9-30(3)13-18/h4-7,10-12,18,29H,8-9,13H2,1-3H3. The first-order valence-corrected chi connectivity index (χ1v) is 13.5. The fraction of sp³-hybridized carbons (Fsp3) is 0.333. The number of thiophene rings is 1. The highest BCUT2D eigenvalue weighted by Gasteiger charge is 2.36. The summed E-state index contributed by atoms with van der Waals surface area (Å²) in [7, 11) is -2.30. The van der Waals surface area contributed by atoms with Crippen LogP contribution in [0.5, 0.6) is 5.75 Å². The molecule has 0 saturated carbocycles. The number of sulfonamides is 1. The van der Waals surface area contributed by atoms with Gasteiger partial charge in [-0.05, 0) is 62.2 Å². The number of likely N-dealkylation sites (N-methyl/N-ethyl adjacent to an activating group) is 1. The van der Waals surface area contributed by atoms with Crippen LogP contribution < -0.4 is 9.46 Å². The molecule has 1 aliphatic heterocycles. The number of nitrogens with zero attached hydrogens (tertiary/aromatic N) is 1. The Labute approximate surface area is 211 Å². The lowest BCUT2D eigenvalue weighted by molar-refractivity contribution is -0.139. The molecule has 1 aliphatic rings. The summed E-state index contributed by atoms with van der Waals surface area (Å²) in [5.74, 6) is -0.406. The zero-order chi connectivity index (χ0) is 25.5. The van der Waals surface area contributed by atoms with E-state index in [4.69, 9.17) is 16.3 Å². The van der Waals surface area contributed by atoms with Crippen molar-refractivity contribution in [2.75, 3.05) is 24.9 Å². The van der Waals surface area contributed by atoms with E-state index in [9.17, 15) is 21.6 Å². The zero-order valence-electron chi connectivity index (χ0n) is 19.2. The van der Waals surface area contributed by atoms with Crippen LogP contribution in [-0.4, -0.2) is 39.6 Å². The van der Waals surface area contributed by atoms with Gasteiger partial charge in [0.25, 0.3) is 10.0 Å². The fourth-order valence-electron chi connectivity index (χ4n) is 3.94. The molecule has 188 valence electrons. The van der Waals surface area contributed by atoms with Crippen molar-refractivity contribution in [3.63, 3.8) is 0 Å². The summed E-state index contributed by atoms with van der Waals surface area (Å²) in [6.07, 6.45) is -4.48. The molecule has 1 fully saturated rings. The second kappa shape index (κ2) is 9.65. The number of alkyl halides is 3. The molecule has 5 nitrogen and oxygen atoms in total. The monoisotopic (exact) mass is 544 g/mol. The van der Waals surface area contributed by atoms with Crippen molar-refractivity contribution in [2.45, 2.75) is 36.8 Å². The van der Waals surface area contributed by atoms with Gasteiger partial charge in [0.2, 0.25) is 0 Å². The van der Waals surface area contributed by atoms with Gasteiger partial charge in [-0.2, -0.15) is 13.2 Å². The van der Waals surface area contributed by atoms with E-state index < -0.39 is 33.6 Å². The van der Waals surface area contributed by atoms with Crippen LogP contribution >= 0.6 is 22.9 Å². The molecule has 0 aliphatic carbocycles. The largest absolute Gasteiger partial charge is 0.488 e. The second-order valence-corrected chi connectivity index (χ2v) is 12.2. The van der Waals surface area contributed by atoms with Crippen LogP contribution in [0.4, 0.5) is 18.9 Å². The third kappa shape index (κ3) is 5.77. The molecule has 0 spiro atoms. The lowest BCUT2D eigenvalue weighted by atomic mass is 10.0. The molecule has 3 aromatic rings. The molecule has 1 N–H and O–H groups in total. The smallest absolute Gasteiger partial charge is 0.419 e. The summed E-state index contributed by atoms with van der Waals surface area (Å²) in [5.41, 5.74) is 2.16. The number of hydrogen-bond acceptors (Lipinski definition) is 5. The fourth-order valence-corrected chi connectivity index (χ4v) is 6.89. The number of halogens is 4. The second-order valence-electron chi connectivity index (χ2n) is 8.66. The maximum Gasteiger partial charge on any atom is 0.419 e. The molecular formula is C24H24ClF3N2O3S2. The first-order chi connectivity index (χ1) is 16.3. The summed E-state index contributed by atoms with van der Waals surface area (Å²) < 4.78 is 75.7. The van der Waals surface area contributed by atoms with Crippen LogP contribution in [0, 0.1) is 13.8 Å². The third-order valence-electron chi connectivity index (χ3n) is 5.91. The van der Waals surface area contributed by atoms with Gasteiger partial charge in [0.05, 0.1) is 15.6 Å². The van der Waals surface area contributed by atoms with E-state index in [0.29, 0.717) is 30.6 Å². The molecule has 2 heterocycles. The molecule has 1 atom stereocenters. The number of ether oxygens (including phenoxy) is 1. The van der Waals surface area contributed by atoms with Crippen LogP contribution in [0.25, 0.3) is 11.1 Å². The quantitative estimate of drug-likeness (QED) is 0.380. The Balaban J connectivity index is 1.68. The Kier molecular flexibility index (Phi) is 7.11.